The summed E-state index contributed by atoms with van der Waals surface area (Å²) in [4.78, 5) is 8.41. The first-order chi connectivity index (χ1) is 8.83. The molecule has 3 heterocycles. The number of hydrogen-bond donors (Lipinski definition) is 1. The van der Waals surface area contributed by atoms with E-state index in [1.54, 1.807) is 4.52 Å². The van der Waals surface area contributed by atoms with Crippen molar-refractivity contribution in [2.75, 3.05) is 18.5 Å². The Kier molecular flexibility index (Phi) is 3.10. The molecular weight excluding hydrogens is 230 g/mol. The summed E-state index contributed by atoms with van der Waals surface area (Å²) in [7, 11) is 0. The van der Waals surface area contributed by atoms with Gasteiger partial charge in [-0.3, -0.25) is 0 Å². The molecule has 96 valence electrons. The number of fused-ring (bicyclic) bond motifs is 1. The highest BCUT2D eigenvalue weighted by atomic mass is 16.5. The Balaban J connectivity index is 1.67. The van der Waals surface area contributed by atoms with Crippen LogP contribution in [-0.2, 0) is 4.74 Å². The van der Waals surface area contributed by atoms with E-state index in [0.717, 1.165) is 31.1 Å². The molecule has 0 radical (unpaired) electrons. The molecule has 6 nitrogen and oxygen atoms in total. The maximum Gasteiger partial charge on any atom is 0.254 e. The summed E-state index contributed by atoms with van der Waals surface area (Å²) >= 11 is 0. The molecule has 1 aliphatic heterocycles. The molecule has 1 unspecified atom stereocenters. The highest BCUT2D eigenvalue weighted by Crippen LogP contribution is 2.16. The molecule has 0 aromatic carbocycles. The summed E-state index contributed by atoms with van der Waals surface area (Å²) in [6.45, 7) is 3.75. The van der Waals surface area contributed by atoms with Crippen LogP contribution < -0.4 is 5.32 Å². The topological polar surface area (TPSA) is 64.3 Å². The van der Waals surface area contributed by atoms with Crippen molar-refractivity contribution in [2.24, 2.45) is 0 Å². The van der Waals surface area contributed by atoms with Crippen molar-refractivity contribution >= 4 is 11.6 Å². The van der Waals surface area contributed by atoms with E-state index in [9.17, 15) is 0 Å². The van der Waals surface area contributed by atoms with Crippen LogP contribution in [0.5, 0.6) is 0 Å². The predicted molar refractivity (Wildman–Crippen MR) is 67.6 cm³/mol. The summed E-state index contributed by atoms with van der Waals surface area (Å²) in [5.41, 5.74) is 0.940. The smallest absolute Gasteiger partial charge is 0.254 e. The van der Waals surface area contributed by atoms with Gasteiger partial charge in [0.1, 0.15) is 12.1 Å². The van der Waals surface area contributed by atoms with Crippen LogP contribution in [0.15, 0.2) is 12.4 Å². The standard InChI is InChI=1S/C12H17N5O/c1-9-7-11(17-12(16-9)14-8-15-17)13-5-4-10-3-2-6-18-10/h7-8,10,13H,2-6H2,1H3. The Morgan fingerprint density at radius 1 is 1.56 bits per heavy atom. The average molecular weight is 247 g/mol. The van der Waals surface area contributed by atoms with E-state index in [2.05, 4.69) is 20.4 Å². The minimum absolute atomic E-state index is 0.409. The first-order valence-corrected chi connectivity index (χ1v) is 6.36. The highest BCUT2D eigenvalue weighted by Gasteiger charge is 2.15. The second-order valence-electron chi connectivity index (χ2n) is 4.61. The molecule has 0 amide bonds. The number of nitrogens with one attached hydrogen (secondary N) is 1. The molecule has 18 heavy (non-hydrogen) atoms. The SMILES string of the molecule is Cc1cc(NCCC2CCCO2)n2ncnc2n1. The van der Waals surface area contributed by atoms with Gasteiger partial charge < -0.3 is 10.1 Å². The third kappa shape index (κ3) is 2.28. The Morgan fingerprint density at radius 3 is 3.33 bits per heavy atom. The maximum absolute atomic E-state index is 5.60. The summed E-state index contributed by atoms with van der Waals surface area (Å²) in [6.07, 6.45) is 5.32. The number of ether oxygens (including phenoxy) is 1. The lowest BCUT2D eigenvalue weighted by Crippen LogP contribution is -2.14. The zero-order valence-electron chi connectivity index (χ0n) is 10.5. The number of nitrogens with zero attached hydrogens (tertiary/aromatic N) is 4. The van der Waals surface area contributed by atoms with E-state index in [0.29, 0.717) is 11.9 Å². The van der Waals surface area contributed by atoms with E-state index in [-0.39, 0.29) is 0 Å². The Bertz CT molecular complexity index is 532. The molecule has 1 aliphatic rings. The Hall–Kier alpha value is -1.69. The fourth-order valence-electron chi connectivity index (χ4n) is 2.29. The number of anilines is 1. The molecule has 1 fully saturated rings. The van der Waals surface area contributed by atoms with Crippen LogP contribution in [-0.4, -0.2) is 38.8 Å². The molecule has 1 atom stereocenters. The van der Waals surface area contributed by atoms with Crippen LogP contribution in [0.3, 0.4) is 0 Å². The quantitative estimate of drug-likeness (QED) is 0.885. The van der Waals surface area contributed by atoms with Crippen LogP contribution >= 0.6 is 0 Å². The van der Waals surface area contributed by atoms with Gasteiger partial charge in [-0.15, -0.1) is 0 Å². The van der Waals surface area contributed by atoms with Crippen molar-refractivity contribution < 1.29 is 4.74 Å². The molecule has 2 aromatic rings. The number of aryl methyl sites for hydroxylation is 1. The molecule has 0 spiro atoms. The van der Waals surface area contributed by atoms with E-state index in [1.807, 2.05) is 13.0 Å². The molecule has 3 rings (SSSR count). The van der Waals surface area contributed by atoms with Gasteiger partial charge in [0.2, 0.25) is 0 Å². The second-order valence-corrected chi connectivity index (χ2v) is 4.61. The van der Waals surface area contributed by atoms with Crippen molar-refractivity contribution in [1.82, 2.24) is 19.6 Å². The van der Waals surface area contributed by atoms with Crippen molar-refractivity contribution in [3.63, 3.8) is 0 Å². The lowest BCUT2D eigenvalue weighted by Gasteiger charge is -2.11. The molecule has 2 aromatic heterocycles. The zero-order chi connectivity index (χ0) is 12.4. The first-order valence-electron chi connectivity index (χ1n) is 6.36. The second kappa shape index (κ2) is 4.89. The molecule has 0 bridgehead atoms. The summed E-state index contributed by atoms with van der Waals surface area (Å²) in [5, 5.41) is 7.54. The van der Waals surface area contributed by atoms with Crippen LogP contribution in [0.4, 0.5) is 5.82 Å². The summed E-state index contributed by atoms with van der Waals surface area (Å²) in [5.74, 6) is 1.57. The van der Waals surface area contributed by atoms with Gasteiger partial charge in [0, 0.05) is 24.9 Å². The van der Waals surface area contributed by atoms with Gasteiger partial charge in [-0.2, -0.15) is 14.6 Å². The largest absolute Gasteiger partial charge is 0.378 e. The third-order valence-corrected chi connectivity index (χ3v) is 3.18. The minimum Gasteiger partial charge on any atom is -0.378 e. The zero-order valence-corrected chi connectivity index (χ0v) is 10.5. The average Bonchev–Trinajstić information content (AvgIpc) is 2.98. The molecule has 1 N–H and O–H groups in total. The molecular formula is C12H17N5O. The molecule has 0 saturated carbocycles. The van der Waals surface area contributed by atoms with Gasteiger partial charge in [0.25, 0.3) is 5.78 Å². The van der Waals surface area contributed by atoms with Gasteiger partial charge in [-0.05, 0) is 26.2 Å². The van der Waals surface area contributed by atoms with Crippen molar-refractivity contribution in [1.29, 1.82) is 0 Å². The number of hydrogen-bond acceptors (Lipinski definition) is 5. The van der Waals surface area contributed by atoms with Crippen LogP contribution in [0.1, 0.15) is 25.0 Å². The third-order valence-electron chi connectivity index (χ3n) is 3.18. The summed E-state index contributed by atoms with van der Waals surface area (Å²) < 4.78 is 7.32. The summed E-state index contributed by atoms with van der Waals surface area (Å²) in [6, 6.07) is 1.98. The van der Waals surface area contributed by atoms with Gasteiger partial charge >= 0.3 is 0 Å². The van der Waals surface area contributed by atoms with E-state index in [1.165, 1.54) is 19.2 Å². The number of aromatic nitrogens is 4. The van der Waals surface area contributed by atoms with Crippen LogP contribution in [0.2, 0.25) is 0 Å². The van der Waals surface area contributed by atoms with Gasteiger partial charge in [-0.1, -0.05) is 0 Å². The van der Waals surface area contributed by atoms with E-state index >= 15 is 0 Å². The molecule has 1 saturated heterocycles. The van der Waals surface area contributed by atoms with Crippen molar-refractivity contribution in [2.45, 2.75) is 32.3 Å². The van der Waals surface area contributed by atoms with Crippen LogP contribution in [0, 0.1) is 6.92 Å². The Labute approximate surface area is 105 Å². The Morgan fingerprint density at radius 2 is 2.50 bits per heavy atom. The predicted octanol–water partition coefficient (Wildman–Crippen LogP) is 1.41. The maximum atomic E-state index is 5.60. The number of rotatable bonds is 4. The van der Waals surface area contributed by atoms with Gasteiger partial charge in [0.05, 0.1) is 6.10 Å². The lowest BCUT2D eigenvalue weighted by molar-refractivity contribution is 0.107. The van der Waals surface area contributed by atoms with Crippen LogP contribution in [0.25, 0.3) is 5.78 Å². The lowest BCUT2D eigenvalue weighted by atomic mass is 10.2. The molecule has 6 heteroatoms. The normalized spacial score (nSPS) is 19.5. The van der Waals surface area contributed by atoms with Crippen molar-refractivity contribution in [3.8, 4) is 0 Å². The highest BCUT2D eigenvalue weighted by molar-refractivity contribution is 5.44. The van der Waals surface area contributed by atoms with Crippen molar-refractivity contribution in [3.05, 3.63) is 18.1 Å². The minimum atomic E-state index is 0.409. The van der Waals surface area contributed by atoms with E-state index < -0.39 is 0 Å². The fraction of sp³-hybridized carbons (Fsp3) is 0.583. The van der Waals surface area contributed by atoms with Gasteiger partial charge in [0.15, 0.2) is 0 Å². The molecule has 0 aliphatic carbocycles. The fourth-order valence-corrected chi connectivity index (χ4v) is 2.29. The monoisotopic (exact) mass is 247 g/mol. The van der Waals surface area contributed by atoms with Gasteiger partial charge in [-0.25, -0.2) is 4.98 Å². The first kappa shape index (κ1) is 11.4. The van der Waals surface area contributed by atoms with E-state index in [4.69, 9.17) is 4.74 Å².